The molecule has 3 heterocycles. The van der Waals surface area contributed by atoms with E-state index in [1.165, 1.54) is 18.2 Å². The van der Waals surface area contributed by atoms with Crippen LogP contribution in [-0.4, -0.2) is 47.3 Å². The van der Waals surface area contributed by atoms with Crippen molar-refractivity contribution in [3.63, 3.8) is 0 Å². The molecule has 0 bridgehead atoms. The van der Waals surface area contributed by atoms with Gasteiger partial charge in [0.25, 0.3) is 0 Å². The van der Waals surface area contributed by atoms with E-state index in [0.717, 1.165) is 55.0 Å². The minimum atomic E-state index is -0.406. The second-order valence-electron chi connectivity index (χ2n) is 9.64. The van der Waals surface area contributed by atoms with Crippen molar-refractivity contribution in [3.05, 3.63) is 94.1 Å². The number of aromatic nitrogens is 2. The van der Waals surface area contributed by atoms with Gasteiger partial charge < -0.3 is 19.0 Å². The predicted molar refractivity (Wildman–Crippen MR) is 138 cm³/mol. The molecular formula is C29H28F2N4O2. The molecule has 8 heteroatoms. The van der Waals surface area contributed by atoms with Crippen molar-refractivity contribution in [1.82, 2.24) is 14.5 Å². The zero-order valence-electron chi connectivity index (χ0n) is 20.6. The molecule has 2 aliphatic rings. The molecule has 2 aliphatic heterocycles. The van der Waals surface area contributed by atoms with Gasteiger partial charge in [-0.3, -0.25) is 10.3 Å². The zero-order valence-corrected chi connectivity index (χ0v) is 20.6. The molecule has 0 amide bonds. The molecule has 190 valence electrons. The molecule has 0 radical (unpaired) electrons. The average molecular weight is 503 g/mol. The Morgan fingerprint density at radius 2 is 1.89 bits per heavy atom. The van der Waals surface area contributed by atoms with Gasteiger partial charge in [0.1, 0.15) is 24.0 Å². The van der Waals surface area contributed by atoms with Crippen molar-refractivity contribution in [1.29, 1.82) is 5.41 Å². The molecule has 6 rings (SSSR count). The fraction of sp³-hybridized carbons (Fsp3) is 0.276. The van der Waals surface area contributed by atoms with Gasteiger partial charge in [0.15, 0.2) is 0 Å². The third-order valence-corrected chi connectivity index (χ3v) is 7.17. The Morgan fingerprint density at radius 3 is 2.73 bits per heavy atom. The lowest BCUT2D eigenvalue weighted by molar-refractivity contribution is 0.0325. The molecule has 4 aromatic rings. The maximum absolute atomic E-state index is 14.7. The number of morpholine rings is 1. The molecule has 3 aromatic carbocycles. The molecule has 6 nitrogen and oxygen atoms in total. The third kappa shape index (κ3) is 4.47. The van der Waals surface area contributed by atoms with Crippen LogP contribution in [0.5, 0.6) is 5.75 Å². The molecule has 1 saturated heterocycles. The summed E-state index contributed by atoms with van der Waals surface area (Å²) in [4.78, 5) is 5.58. The first-order valence-corrected chi connectivity index (χ1v) is 12.5. The van der Waals surface area contributed by atoms with E-state index in [1.807, 2.05) is 34.9 Å². The number of hydrogen-bond donors (Lipinski definition) is 2. The fourth-order valence-corrected chi connectivity index (χ4v) is 5.37. The topological polar surface area (TPSA) is 66.3 Å². The van der Waals surface area contributed by atoms with Crippen LogP contribution in [0.15, 0.2) is 54.6 Å². The second kappa shape index (κ2) is 9.61. The molecule has 1 aromatic heterocycles. The Balaban J connectivity index is 1.42. The minimum absolute atomic E-state index is 0.0225. The Kier molecular flexibility index (Phi) is 6.14. The monoisotopic (exact) mass is 502 g/mol. The summed E-state index contributed by atoms with van der Waals surface area (Å²) >= 11 is 0. The van der Waals surface area contributed by atoms with Gasteiger partial charge in [0, 0.05) is 42.9 Å². The van der Waals surface area contributed by atoms with E-state index in [9.17, 15) is 8.78 Å². The highest BCUT2D eigenvalue weighted by molar-refractivity contribution is 5.95. The molecule has 0 aliphatic carbocycles. The van der Waals surface area contributed by atoms with Crippen LogP contribution >= 0.6 is 0 Å². The van der Waals surface area contributed by atoms with E-state index >= 15 is 0 Å². The lowest BCUT2D eigenvalue weighted by Gasteiger charge is -2.29. The van der Waals surface area contributed by atoms with Gasteiger partial charge in [-0.1, -0.05) is 18.2 Å². The predicted octanol–water partition coefficient (Wildman–Crippen LogP) is 5.10. The van der Waals surface area contributed by atoms with Crippen LogP contribution in [0.25, 0.3) is 22.7 Å². The number of nitrogens with zero attached hydrogens (tertiary/aromatic N) is 2. The largest absolute Gasteiger partial charge is 0.488 e. The smallest absolute Gasteiger partial charge is 0.200 e. The number of nitrogens with one attached hydrogen (secondary N) is 2. The number of halogens is 2. The van der Waals surface area contributed by atoms with Crippen molar-refractivity contribution < 1.29 is 18.3 Å². The first-order chi connectivity index (χ1) is 18.0. The maximum atomic E-state index is 14.7. The van der Waals surface area contributed by atoms with Crippen LogP contribution in [0.4, 0.5) is 8.78 Å². The van der Waals surface area contributed by atoms with Gasteiger partial charge in [-0.15, -0.1) is 0 Å². The van der Waals surface area contributed by atoms with Gasteiger partial charge in [-0.2, -0.15) is 0 Å². The van der Waals surface area contributed by atoms with E-state index in [-0.39, 0.29) is 18.5 Å². The lowest BCUT2D eigenvalue weighted by atomic mass is 9.92. The number of aromatic amines is 1. The molecule has 1 atom stereocenters. The highest BCUT2D eigenvalue weighted by Gasteiger charge is 2.23. The zero-order chi connectivity index (χ0) is 25.5. The van der Waals surface area contributed by atoms with Crippen LogP contribution in [0, 0.1) is 17.0 Å². The minimum Gasteiger partial charge on any atom is -0.488 e. The van der Waals surface area contributed by atoms with E-state index in [2.05, 4.69) is 16.8 Å². The van der Waals surface area contributed by atoms with E-state index < -0.39 is 5.82 Å². The first kappa shape index (κ1) is 23.6. The second-order valence-corrected chi connectivity index (χ2v) is 9.64. The SMILES string of the molecule is C[C@H](CN1CCOCC1)n1c(=N)[nH]c2cc(/C=C3/c4ccc(F)cc4OCc4c(F)cccc43)ccc21. The summed E-state index contributed by atoms with van der Waals surface area (Å²) in [5.41, 5.74) is 5.63. The van der Waals surface area contributed by atoms with E-state index in [0.29, 0.717) is 28.1 Å². The van der Waals surface area contributed by atoms with Crippen molar-refractivity contribution in [2.24, 2.45) is 0 Å². The molecule has 0 unspecified atom stereocenters. The van der Waals surface area contributed by atoms with E-state index in [4.69, 9.17) is 14.9 Å². The average Bonchev–Trinajstić information content (AvgIpc) is 3.13. The van der Waals surface area contributed by atoms with Gasteiger partial charge in [0.05, 0.1) is 24.2 Å². The van der Waals surface area contributed by atoms with Gasteiger partial charge in [0.2, 0.25) is 5.62 Å². The number of benzene rings is 3. The van der Waals surface area contributed by atoms with Gasteiger partial charge >= 0.3 is 0 Å². The van der Waals surface area contributed by atoms with Crippen LogP contribution < -0.4 is 10.4 Å². The number of hydrogen-bond acceptors (Lipinski definition) is 4. The summed E-state index contributed by atoms with van der Waals surface area (Å²) in [6, 6.07) is 15.5. The summed E-state index contributed by atoms with van der Waals surface area (Å²) in [5, 5.41) is 8.59. The molecule has 0 saturated carbocycles. The summed E-state index contributed by atoms with van der Waals surface area (Å²) in [6.45, 7) is 6.27. The van der Waals surface area contributed by atoms with Crippen LogP contribution in [0.1, 0.15) is 35.2 Å². The third-order valence-electron chi connectivity index (χ3n) is 7.17. The van der Waals surface area contributed by atoms with Gasteiger partial charge in [-0.05, 0) is 60.0 Å². The molecule has 0 spiro atoms. The van der Waals surface area contributed by atoms with Crippen molar-refractivity contribution in [2.45, 2.75) is 19.6 Å². The van der Waals surface area contributed by atoms with Crippen molar-refractivity contribution >= 4 is 22.7 Å². The summed E-state index contributed by atoms with van der Waals surface area (Å²) in [7, 11) is 0. The standard InChI is InChI=1S/C29H28F2N4O2/c1-18(16-34-9-11-36-12-10-34)35-27-8-5-19(14-26(27)33-29(35)32)13-23-21-3-2-4-25(31)24(21)17-37-28-15-20(30)6-7-22(23)28/h2-8,13-15,18H,9-12,16-17H2,1H3,(H2,32,33)/b23-13+/t18-/m1/s1. The van der Waals surface area contributed by atoms with Crippen LogP contribution in [0.3, 0.4) is 0 Å². The highest BCUT2D eigenvalue weighted by atomic mass is 19.1. The molecule has 2 N–H and O–H groups in total. The van der Waals surface area contributed by atoms with Gasteiger partial charge in [-0.25, -0.2) is 8.78 Å². The molecule has 1 fully saturated rings. The number of ether oxygens (including phenoxy) is 2. The fourth-order valence-electron chi connectivity index (χ4n) is 5.37. The molecule has 37 heavy (non-hydrogen) atoms. The summed E-state index contributed by atoms with van der Waals surface area (Å²) in [5.74, 6) is -0.382. The maximum Gasteiger partial charge on any atom is 0.200 e. The lowest BCUT2D eigenvalue weighted by Crippen LogP contribution is -2.40. The summed E-state index contributed by atoms with van der Waals surface area (Å²) in [6.07, 6.45) is 1.97. The Morgan fingerprint density at radius 1 is 1.05 bits per heavy atom. The number of imidazole rings is 1. The molecular weight excluding hydrogens is 474 g/mol. The quantitative estimate of drug-likeness (QED) is 0.408. The first-order valence-electron chi connectivity index (χ1n) is 12.5. The van der Waals surface area contributed by atoms with Crippen LogP contribution in [0.2, 0.25) is 0 Å². The Bertz CT molecular complexity index is 1570. The normalized spacial score (nSPS) is 17.8. The Hall–Kier alpha value is -3.75. The number of rotatable bonds is 4. The number of H-pyrrole nitrogens is 1. The Labute approximate surface area is 213 Å². The van der Waals surface area contributed by atoms with Crippen molar-refractivity contribution in [3.8, 4) is 5.75 Å². The van der Waals surface area contributed by atoms with Crippen molar-refractivity contribution in [2.75, 3.05) is 32.8 Å². The highest BCUT2D eigenvalue weighted by Crippen LogP contribution is 2.39. The van der Waals surface area contributed by atoms with Crippen LogP contribution in [-0.2, 0) is 11.3 Å². The number of fused-ring (bicyclic) bond motifs is 3. The summed E-state index contributed by atoms with van der Waals surface area (Å²) < 4.78 is 42.1. The van der Waals surface area contributed by atoms with E-state index in [1.54, 1.807) is 12.1 Å².